The Labute approximate surface area is 164 Å². The average Bonchev–Trinajstić information content (AvgIpc) is 3.25. The van der Waals surface area contributed by atoms with E-state index in [1.54, 1.807) is 17.2 Å². The van der Waals surface area contributed by atoms with Crippen LogP contribution >= 0.6 is 11.3 Å². The second-order valence-corrected chi connectivity index (χ2v) is 7.84. The van der Waals surface area contributed by atoms with Gasteiger partial charge in [-0.1, -0.05) is 0 Å². The van der Waals surface area contributed by atoms with E-state index in [1.807, 2.05) is 6.92 Å². The molecule has 0 spiro atoms. The molecule has 10 heteroatoms. The van der Waals surface area contributed by atoms with Crippen LogP contribution in [0.3, 0.4) is 0 Å². The van der Waals surface area contributed by atoms with Gasteiger partial charge in [-0.25, -0.2) is 14.4 Å². The Morgan fingerprint density at radius 1 is 1.43 bits per heavy atom. The molecule has 1 aliphatic rings. The van der Waals surface area contributed by atoms with Crippen molar-refractivity contribution < 1.29 is 14.3 Å². The summed E-state index contributed by atoms with van der Waals surface area (Å²) in [5, 5.41) is 13.4. The molecule has 28 heavy (non-hydrogen) atoms. The monoisotopic (exact) mass is 402 g/mol. The first-order valence-corrected chi connectivity index (χ1v) is 9.63. The minimum absolute atomic E-state index is 0.241. The van der Waals surface area contributed by atoms with E-state index in [0.717, 1.165) is 6.20 Å². The van der Waals surface area contributed by atoms with Gasteiger partial charge in [-0.15, -0.1) is 11.3 Å². The van der Waals surface area contributed by atoms with Crippen LogP contribution in [0.4, 0.5) is 15.3 Å². The van der Waals surface area contributed by atoms with Crippen LogP contribution in [-0.4, -0.2) is 50.1 Å². The number of aliphatic hydroxyl groups excluding tert-OH is 1. The Hall–Kier alpha value is -2.85. The van der Waals surface area contributed by atoms with Gasteiger partial charge in [0, 0.05) is 19.3 Å². The summed E-state index contributed by atoms with van der Waals surface area (Å²) < 4.78 is 14.1. The van der Waals surface area contributed by atoms with Crippen molar-refractivity contribution in [1.82, 2.24) is 19.9 Å². The zero-order valence-corrected chi connectivity index (χ0v) is 15.9. The summed E-state index contributed by atoms with van der Waals surface area (Å²) in [7, 11) is 0. The number of aliphatic hydroxyl groups is 1. The highest BCUT2D eigenvalue weighted by Gasteiger charge is 2.29. The van der Waals surface area contributed by atoms with E-state index < -0.39 is 11.9 Å². The van der Waals surface area contributed by atoms with Crippen LogP contribution in [0.25, 0.3) is 10.2 Å². The van der Waals surface area contributed by atoms with Gasteiger partial charge in [-0.05, 0) is 31.0 Å². The highest BCUT2D eigenvalue weighted by molar-refractivity contribution is 7.22. The molecule has 0 bridgehead atoms. The van der Waals surface area contributed by atoms with Crippen molar-refractivity contribution in [2.75, 3.05) is 24.1 Å². The molecule has 4 heterocycles. The van der Waals surface area contributed by atoms with Crippen molar-refractivity contribution in [3.8, 4) is 0 Å². The van der Waals surface area contributed by atoms with Gasteiger partial charge in [0.05, 0.1) is 33.6 Å². The lowest BCUT2D eigenvalue weighted by Gasteiger charge is -2.17. The molecule has 1 amide bonds. The van der Waals surface area contributed by atoms with E-state index >= 15 is 0 Å². The fourth-order valence-corrected chi connectivity index (χ4v) is 4.02. The molecule has 1 saturated heterocycles. The number of carbonyl (C=O) groups excluding carboxylic acids is 1. The topological polar surface area (TPSA) is 117 Å². The number of nitrogens with two attached hydrogens (primary N) is 1. The molecule has 1 fully saturated rings. The molecule has 146 valence electrons. The summed E-state index contributed by atoms with van der Waals surface area (Å²) in [4.78, 5) is 27.3. The molecule has 1 aliphatic heterocycles. The van der Waals surface area contributed by atoms with Crippen molar-refractivity contribution in [3.63, 3.8) is 0 Å². The highest BCUT2D eigenvalue weighted by Crippen LogP contribution is 2.31. The first-order chi connectivity index (χ1) is 13.4. The number of anilines is 2. The second-order valence-electron chi connectivity index (χ2n) is 6.76. The zero-order chi connectivity index (χ0) is 19.8. The maximum Gasteiger partial charge on any atom is 0.274 e. The number of thiophene rings is 1. The summed E-state index contributed by atoms with van der Waals surface area (Å²) in [5.74, 6) is -0.462. The van der Waals surface area contributed by atoms with Crippen LogP contribution in [0.1, 0.15) is 35.4 Å². The molecular weight excluding hydrogens is 383 g/mol. The Kier molecular flexibility index (Phi) is 4.82. The number of amides is 1. The van der Waals surface area contributed by atoms with Gasteiger partial charge in [-0.3, -0.25) is 9.78 Å². The largest absolute Gasteiger partial charge is 0.391 e. The van der Waals surface area contributed by atoms with Crippen LogP contribution in [0.2, 0.25) is 0 Å². The number of hydrogen-bond donors (Lipinski definition) is 3. The van der Waals surface area contributed by atoms with Gasteiger partial charge >= 0.3 is 0 Å². The Bertz CT molecular complexity index is 1040. The number of halogens is 1. The van der Waals surface area contributed by atoms with Crippen LogP contribution in [0.15, 0.2) is 24.5 Å². The lowest BCUT2D eigenvalue weighted by atomic mass is 10.1. The van der Waals surface area contributed by atoms with E-state index in [2.05, 4.69) is 20.3 Å². The molecule has 8 nitrogen and oxygen atoms in total. The van der Waals surface area contributed by atoms with Gasteiger partial charge in [0.25, 0.3) is 5.91 Å². The van der Waals surface area contributed by atoms with Crippen LogP contribution in [0.5, 0.6) is 0 Å². The minimum atomic E-state index is -0.521. The molecular formula is C18H19FN6O2S. The molecule has 0 radical (unpaired) electrons. The molecule has 3 aromatic heterocycles. The molecule has 2 unspecified atom stereocenters. The number of pyridine rings is 1. The van der Waals surface area contributed by atoms with E-state index in [0.29, 0.717) is 33.7 Å². The third-order valence-electron chi connectivity index (χ3n) is 4.62. The van der Waals surface area contributed by atoms with Crippen LogP contribution in [0, 0.1) is 5.82 Å². The number of nitrogens with zero attached hydrogens (tertiary/aromatic N) is 4. The Morgan fingerprint density at radius 2 is 2.25 bits per heavy atom. The molecule has 4 rings (SSSR count). The van der Waals surface area contributed by atoms with Crippen molar-refractivity contribution in [2.45, 2.75) is 25.5 Å². The third-order valence-corrected chi connectivity index (χ3v) is 5.58. The lowest BCUT2D eigenvalue weighted by Crippen LogP contribution is -2.30. The number of β-amino-alcohol motifs (C(OH)–C–C–N with tert-alkyl or cyclic N) is 1. The number of carbonyl (C=O) groups is 1. The van der Waals surface area contributed by atoms with Crippen molar-refractivity contribution >= 4 is 38.4 Å². The number of nitrogens with one attached hydrogen (secondary N) is 1. The molecule has 0 saturated carbocycles. The summed E-state index contributed by atoms with van der Waals surface area (Å²) >= 11 is 1.25. The Morgan fingerprint density at radius 3 is 2.96 bits per heavy atom. The quantitative estimate of drug-likeness (QED) is 0.612. The Balaban J connectivity index is 1.68. The fraction of sp³-hybridized carbons (Fsp3) is 0.333. The third kappa shape index (κ3) is 3.60. The number of rotatable bonds is 4. The van der Waals surface area contributed by atoms with Crippen LogP contribution in [-0.2, 0) is 0 Å². The summed E-state index contributed by atoms with van der Waals surface area (Å²) in [6.07, 6.45) is 2.71. The number of fused-ring (bicyclic) bond motifs is 1. The van der Waals surface area contributed by atoms with Gasteiger partial charge in [0.2, 0.25) is 5.95 Å². The molecule has 4 N–H and O–H groups in total. The zero-order valence-electron chi connectivity index (χ0n) is 15.1. The standard InChI is InChI=1S/C18H19FN6O2S/c1-9(10-4-11(19)7-21-6-10)22-18-23-13-5-14(20)28-16(13)15(24-18)17(27)25-3-2-12(26)8-25/h4-7,9,12,26H,2-3,8,20H2,1H3,(H,22,23,24). The number of likely N-dealkylation sites (tertiary alicyclic amines) is 1. The van der Waals surface area contributed by atoms with E-state index in [1.165, 1.54) is 17.4 Å². The van der Waals surface area contributed by atoms with Crippen molar-refractivity contribution in [2.24, 2.45) is 0 Å². The number of nitrogen functional groups attached to an aromatic ring is 1. The van der Waals surface area contributed by atoms with Gasteiger partial charge < -0.3 is 21.1 Å². The van der Waals surface area contributed by atoms with E-state index in [9.17, 15) is 14.3 Å². The van der Waals surface area contributed by atoms with Gasteiger partial charge in [0.15, 0.2) is 5.69 Å². The minimum Gasteiger partial charge on any atom is -0.391 e. The predicted octanol–water partition coefficient (Wildman–Crippen LogP) is 2.19. The SMILES string of the molecule is CC(Nc1nc(C(=O)N2CCC(O)C2)c2sc(N)cc2n1)c1cncc(F)c1. The second kappa shape index (κ2) is 7.28. The number of aromatic nitrogens is 3. The van der Waals surface area contributed by atoms with Gasteiger partial charge in [0.1, 0.15) is 5.82 Å². The van der Waals surface area contributed by atoms with Crippen LogP contribution < -0.4 is 11.1 Å². The summed E-state index contributed by atoms with van der Waals surface area (Å²) in [6, 6.07) is 2.74. The maximum absolute atomic E-state index is 13.4. The normalized spacial score (nSPS) is 17.8. The van der Waals surface area contributed by atoms with Gasteiger partial charge in [-0.2, -0.15) is 0 Å². The first-order valence-electron chi connectivity index (χ1n) is 8.82. The van der Waals surface area contributed by atoms with E-state index in [-0.39, 0.29) is 30.1 Å². The molecule has 0 aromatic carbocycles. The first kappa shape index (κ1) is 18.5. The lowest BCUT2D eigenvalue weighted by molar-refractivity contribution is 0.0761. The van der Waals surface area contributed by atoms with E-state index in [4.69, 9.17) is 5.73 Å². The predicted molar refractivity (Wildman–Crippen MR) is 105 cm³/mol. The molecule has 3 aromatic rings. The maximum atomic E-state index is 13.4. The van der Waals surface area contributed by atoms with Crippen molar-refractivity contribution in [3.05, 3.63) is 41.6 Å². The summed E-state index contributed by atoms with van der Waals surface area (Å²) in [5.41, 5.74) is 7.34. The fourth-order valence-electron chi connectivity index (χ4n) is 3.18. The number of hydrogen-bond acceptors (Lipinski definition) is 8. The molecule has 2 atom stereocenters. The highest BCUT2D eigenvalue weighted by atomic mass is 32.1. The summed E-state index contributed by atoms with van der Waals surface area (Å²) in [6.45, 7) is 2.57. The smallest absolute Gasteiger partial charge is 0.274 e. The molecule has 0 aliphatic carbocycles. The van der Waals surface area contributed by atoms with Crippen molar-refractivity contribution in [1.29, 1.82) is 0 Å². The average molecular weight is 402 g/mol.